The van der Waals surface area contributed by atoms with E-state index in [1.54, 1.807) is 18.5 Å². The van der Waals surface area contributed by atoms with Crippen molar-refractivity contribution in [2.24, 2.45) is 0 Å². The van der Waals surface area contributed by atoms with Crippen molar-refractivity contribution >= 4 is 11.9 Å². The topological polar surface area (TPSA) is 58.1 Å². The Morgan fingerprint density at radius 1 is 1.08 bits per heavy atom. The first-order chi connectivity index (χ1) is 11.6. The van der Waals surface area contributed by atoms with Gasteiger partial charge in [0.15, 0.2) is 17.5 Å². The summed E-state index contributed by atoms with van der Waals surface area (Å²) in [6.45, 7) is 1.27. The third-order valence-electron chi connectivity index (χ3n) is 3.94. The van der Waals surface area contributed by atoms with E-state index in [0.29, 0.717) is 31.9 Å². The molecule has 1 aliphatic rings. The third-order valence-corrected chi connectivity index (χ3v) is 3.94. The summed E-state index contributed by atoms with van der Waals surface area (Å²) in [6.07, 6.45) is 4.55. The molecule has 0 saturated carbocycles. The fourth-order valence-corrected chi connectivity index (χ4v) is 2.64. The summed E-state index contributed by atoms with van der Waals surface area (Å²) in [5.41, 5.74) is -0.497. The molecular formula is C16H15F3N4O. The molecule has 2 heterocycles. The molecule has 1 aromatic carbocycles. The number of anilines is 1. The molecule has 1 aliphatic heterocycles. The first kappa shape index (κ1) is 16.2. The van der Waals surface area contributed by atoms with E-state index in [2.05, 4.69) is 15.3 Å². The second-order valence-electron chi connectivity index (χ2n) is 5.51. The van der Waals surface area contributed by atoms with E-state index < -0.39 is 28.9 Å². The second kappa shape index (κ2) is 6.86. The van der Waals surface area contributed by atoms with Crippen LogP contribution in [0.4, 0.5) is 19.1 Å². The van der Waals surface area contributed by atoms with Crippen LogP contribution in [0.25, 0.3) is 0 Å². The lowest BCUT2D eigenvalue weighted by Crippen LogP contribution is -2.45. The highest BCUT2D eigenvalue weighted by Gasteiger charge is 2.25. The van der Waals surface area contributed by atoms with Crippen LogP contribution in [0, 0.1) is 17.5 Å². The molecule has 1 aromatic heterocycles. The second-order valence-corrected chi connectivity index (χ2v) is 5.51. The summed E-state index contributed by atoms with van der Waals surface area (Å²) in [5.74, 6) is -4.56. The standard InChI is InChI=1S/C16H15F3N4O/c17-12-3-2-11(13(18)14(12)19)15(24)22-10-4-8-23(9-5-10)16-20-6-1-7-21-16/h1-3,6-7,10H,4-5,8-9H2,(H,22,24). The SMILES string of the molecule is O=C(NC1CCN(c2ncccn2)CC1)c1ccc(F)c(F)c1F. The summed E-state index contributed by atoms with van der Waals surface area (Å²) < 4.78 is 39.8. The molecule has 1 saturated heterocycles. The number of aromatic nitrogens is 2. The zero-order valence-corrected chi connectivity index (χ0v) is 12.7. The van der Waals surface area contributed by atoms with Crippen molar-refractivity contribution in [3.8, 4) is 0 Å². The highest BCUT2D eigenvalue weighted by molar-refractivity contribution is 5.94. The number of halogens is 3. The van der Waals surface area contributed by atoms with Crippen LogP contribution in [0.3, 0.4) is 0 Å². The van der Waals surface area contributed by atoms with E-state index in [4.69, 9.17) is 0 Å². The normalized spacial score (nSPS) is 15.4. The molecule has 0 spiro atoms. The Morgan fingerprint density at radius 3 is 2.42 bits per heavy atom. The van der Waals surface area contributed by atoms with Gasteiger partial charge in [-0.3, -0.25) is 4.79 Å². The lowest BCUT2D eigenvalue weighted by atomic mass is 10.0. The molecular weight excluding hydrogens is 321 g/mol. The van der Waals surface area contributed by atoms with Gasteiger partial charge in [0, 0.05) is 31.5 Å². The zero-order valence-electron chi connectivity index (χ0n) is 12.7. The smallest absolute Gasteiger partial charge is 0.254 e. The quantitative estimate of drug-likeness (QED) is 0.874. The van der Waals surface area contributed by atoms with Crippen LogP contribution in [-0.2, 0) is 0 Å². The molecule has 1 amide bonds. The predicted molar refractivity (Wildman–Crippen MR) is 81.0 cm³/mol. The van der Waals surface area contributed by atoms with Crippen molar-refractivity contribution in [3.05, 3.63) is 53.6 Å². The van der Waals surface area contributed by atoms with Crippen molar-refractivity contribution in [3.63, 3.8) is 0 Å². The van der Waals surface area contributed by atoms with Crippen LogP contribution < -0.4 is 10.2 Å². The van der Waals surface area contributed by atoms with E-state index in [9.17, 15) is 18.0 Å². The van der Waals surface area contributed by atoms with Crippen LogP contribution in [-0.4, -0.2) is 35.0 Å². The Hall–Kier alpha value is -2.64. The summed E-state index contributed by atoms with van der Waals surface area (Å²) in [5, 5.41) is 2.66. The molecule has 3 rings (SSSR count). The van der Waals surface area contributed by atoms with E-state index in [1.807, 2.05) is 4.90 Å². The van der Waals surface area contributed by atoms with Gasteiger partial charge in [0.25, 0.3) is 5.91 Å². The number of piperidine rings is 1. The molecule has 0 atom stereocenters. The predicted octanol–water partition coefficient (Wildman–Crippen LogP) is 2.29. The van der Waals surface area contributed by atoms with Gasteiger partial charge in [-0.2, -0.15) is 0 Å². The number of amides is 1. The number of rotatable bonds is 3. The van der Waals surface area contributed by atoms with Gasteiger partial charge in [0.2, 0.25) is 5.95 Å². The number of carbonyl (C=O) groups excluding carboxylic acids is 1. The molecule has 5 nitrogen and oxygen atoms in total. The molecule has 126 valence electrons. The monoisotopic (exact) mass is 336 g/mol. The molecule has 8 heteroatoms. The average Bonchev–Trinajstić information content (AvgIpc) is 2.61. The lowest BCUT2D eigenvalue weighted by Gasteiger charge is -2.32. The Kier molecular flexibility index (Phi) is 4.64. The van der Waals surface area contributed by atoms with Crippen molar-refractivity contribution < 1.29 is 18.0 Å². The largest absolute Gasteiger partial charge is 0.349 e. The first-order valence-electron chi connectivity index (χ1n) is 7.52. The Balaban J connectivity index is 1.60. The average molecular weight is 336 g/mol. The van der Waals surface area contributed by atoms with Crippen LogP contribution in [0.15, 0.2) is 30.6 Å². The maximum Gasteiger partial charge on any atom is 0.254 e. The van der Waals surface area contributed by atoms with Crippen molar-refractivity contribution in [2.75, 3.05) is 18.0 Å². The van der Waals surface area contributed by atoms with E-state index in [0.717, 1.165) is 12.1 Å². The molecule has 2 aromatic rings. The maximum atomic E-state index is 13.6. The number of carbonyl (C=O) groups is 1. The van der Waals surface area contributed by atoms with Gasteiger partial charge in [-0.25, -0.2) is 23.1 Å². The molecule has 0 radical (unpaired) electrons. The maximum absolute atomic E-state index is 13.6. The van der Waals surface area contributed by atoms with E-state index in [1.165, 1.54) is 0 Å². The van der Waals surface area contributed by atoms with E-state index in [-0.39, 0.29) is 6.04 Å². The third kappa shape index (κ3) is 3.32. The molecule has 1 fully saturated rings. The minimum Gasteiger partial charge on any atom is -0.349 e. The number of nitrogens with one attached hydrogen (secondary N) is 1. The van der Waals surface area contributed by atoms with Crippen molar-refractivity contribution in [2.45, 2.75) is 18.9 Å². The summed E-state index contributed by atoms with van der Waals surface area (Å²) in [7, 11) is 0. The molecule has 1 N–H and O–H groups in total. The fraction of sp³-hybridized carbons (Fsp3) is 0.312. The van der Waals surface area contributed by atoms with Gasteiger partial charge in [-0.15, -0.1) is 0 Å². The number of hydrogen-bond acceptors (Lipinski definition) is 4. The van der Waals surface area contributed by atoms with Crippen LogP contribution in [0.1, 0.15) is 23.2 Å². The molecule has 24 heavy (non-hydrogen) atoms. The van der Waals surface area contributed by atoms with Gasteiger partial charge in [-0.1, -0.05) is 0 Å². The Bertz CT molecular complexity index is 734. The molecule has 0 aliphatic carbocycles. The first-order valence-corrected chi connectivity index (χ1v) is 7.52. The fourth-order valence-electron chi connectivity index (χ4n) is 2.64. The highest BCUT2D eigenvalue weighted by Crippen LogP contribution is 2.18. The zero-order chi connectivity index (χ0) is 17.1. The van der Waals surface area contributed by atoms with Gasteiger partial charge in [-0.05, 0) is 31.0 Å². The van der Waals surface area contributed by atoms with Crippen LogP contribution in [0.5, 0.6) is 0 Å². The number of hydrogen-bond donors (Lipinski definition) is 1. The van der Waals surface area contributed by atoms with Gasteiger partial charge >= 0.3 is 0 Å². The molecule has 0 bridgehead atoms. The highest BCUT2D eigenvalue weighted by atomic mass is 19.2. The summed E-state index contributed by atoms with van der Waals surface area (Å²) in [6, 6.07) is 3.23. The number of nitrogens with zero attached hydrogens (tertiary/aromatic N) is 3. The van der Waals surface area contributed by atoms with Gasteiger partial charge < -0.3 is 10.2 Å². The van der Waals surface area contributed by atoms with Gasteiger partial charge in [0.05, 0.1) is 5.56 Å². The molecule has 0 unspecified atom stereocenters. The Morgan fingerprint density at radius 2 is 1.75 bits per heavy atom. The minimum atomic E-state index is -1.64. The number of benzene rings is 1. The summed E-state index contributed by atoms with van der Waals surface area (Å²) in [4.78, 5) is 22.4. The van der Waals surface area contributed by atoms with Crippen LogP contribution >= 0.6 is 0 Å². The van der Waals surface area contributed by atoms with Crippen molar-refractivity contribution in [1.29, 1.82) is 0 Å². The van der Waals surface area contributed by atoms with Crippen molar-refractivity contribution in [1.82, 2.24) is 15.3 Å². The Labute approximate surface area is 136 Å². The van der Waals surface area contributed by atoms with Crippen LogP contribution in [0.2, 0.25) is 0 Å². The minimum absolute atomic E-state index is 0.176. The van der Waals surface area contributed by atoms with E-state index >= 15 is 0 Å². The lowest BCUT2D eigenvalue weighted by molar-refractivity contribution is 0.0925. The van der Waals surface area contributed by atoms with Gasteiger partial charge in [0.1, 0.15) is 0 Å². The summed E-state index contributed by atoms with van der Waals surface area (Å²) >= 11 is 0.